The number of nitrogens with zero attached hydrogens (tertiary/aromatic N) is 3. The Balaban J connectivity index is 1.28. The number of fused-ring (bicyclic) bond motifs is 3. The van der Waals surface area contributed by atoms with Gasteiger partial charge in [0.25, 0.3) is 0 Å². The summed E-state index contributed by atoms with van der Waals surface area (Å²) in [4.78, 5) is 23.0. The zero-order chi connectivity index (χ0) is 22.1. The normalized spacial score (nSPS) is 25.1. The Morgan fingerprint density at radius 3 is 2.75 bits per heavy atom. The molecule has 2 saturated heterocycles. The number of aromatic nitrogens is 4. The van der Waals surface area contributed by atoms with Crippen LogP contribution in [0.1, 0.15) is 38.3 Å². The van der Waals surface area contributed by atoms with E-state index in [4.69, 9.17) is 9.97 Å². The number of hydrogen-bond donors (Lipinski definition) is 5. The average molecular weight is 455 g/mol. The molecule has 0 radical (unpaired) electrons. The molecule has 0 saturated carbocycles. The van der Waals surface area contributed by atoms with Crippen LogP contribution in [0, 0.1) is 12.8 Å². The molecule has 3 aromatic rings. The second-order valence-electron chi connectivity index (χ2n) is 8.88. The van der Waals surface area contributed by atoms with Gasteiger partial charge in [0, 0.05) is 35.8 Å². The Morgan fingerprint density at radius 2 is 2.03 bits per heavy atom. The van der Waals surface area contributed by atoms with Crippen molar-refractivity contribution in [1.82, 2.24) is 30.8 Å². The first-order valence-corrected chi connectivity index (χ1v) is 12.3. The Labute approximate surface area is 191 Å². The van der Waals surface area contributed by atoms with E-state index in [0.717, 1.165) is 59.8 Å². The van der Waals surface area contributed by atoms with Crippen LogP contribution in [0.25, 0.3) is 10.2 Å². The maximum atomic E-state index is 12.5. The van der Waals surface area contributed by atoms with Crippen LogP contribution in [-0.2, 0) is 4.79 Å². The van der Waals surface area contributed by atoms with Crippen LogP contribution in [0.15, 0.2) is 17.5 Å². The molecule has 32 heavy (non-hydrogen) atoms. The number of hydrogen-bond acceptors (Lipinski definition) is 9. The van der Waals surface area contributed by atoms with Gasteiger partial charge >= 0.3 is 0 Å². The maximum Gasteiger partial charge on any atom is 0.226 e. The molecular formula is C22H30N8OS. The van der Waals surface area contributed by atoms with Gasteiger partial charge < -0.3 is 21.3 Å². The highest BCUT2D eigenvalue weighted by Gasteiger charge is 2.38. The third-order valence-electron chi connectivity index (χ3n) is 6.36. The van der Waals surface area contributed by atoms with Gasteiger partial charge in [-0.2, -0.15) is 10.1 Å². The molecule has 0 spiro atoms. The second-order valence-corrected chi connectivity index (χ2v) is 9.78. The van der Waals surface area contributed by atoms with Crippen molar-refractivity contribution < 1.29 is 4.79 Å². The second kappa shape index (κ2) is 9.13. The Kier molecular flexibility index (Phi) is 6.07. The summed E-state index contributed by atoms with van der Waals surface area (Å²) < 4.78 is 0. The van der Waals surface area contributed by atoms with Crippen molar-refractivity contribution in [3.8, 4) is 0 Å². The van der Waals surface area contributed by atoms with E-state index in [0.29, 0.717) is 30.4 Å². The van der Waals surface area contributed by atoms with Crippen LogP contribution in [0.5, 0.6) is 0 Å². The molecule has 0 aromatic carbocycles. The number of aryl methyl sites for hydroxylation is 1. The monoisotopic (exact) mass is 454 g/mol. The molecule has 0 amide bonds. The Hall–Kier alpha value is -2.56. The van der Waals surface area contributed by atoms with Crippen LogP contribution < -0.4 is 21.3 Å². The molecule has 10 heteroatoms. The number of ketones is 1. The average Bonchev–Trinajstić information content (AvgIpc) is 3.40. The van der Waals surface area contributed by atoms with E-state index >= 15 is 0 Å². The molecule has 3 aromatic heterocycles. The van der Waals surface area contributed by atoms with E-state index in [-0.39, 0.29) is 12.0 Å². The molecule has 2 aliphatic rings. The molecule has 5 N–H and O–H groups in total. The quantitative estimate of drug-likeness (QED) is 0.352. The number of anilines is 3. The topological polar surface area (TPSA) is 120 Å². The molecule has 2 fully saturated rings. The third-order valence-corrected chi connectivity index (χ3v) is 7.17. The number of nitrogens with one attached hydrogen (secondary N) is 5. The van der Waals surface area contributed by atoms with Gasteiger partial charge in [-0.3, -0.25) is 9.89 Å². The van der Waals surface area contributed by atoms with Gasteiger partial charge in [0.15, 0.2) is 5.82 Å². The lowest BCUT2D eigenvalue weighted by Gasteiger charge is -2.43. The number of H-pyrrole nitrogens is 1. The number of aromatic amines is 1. The van der Waals surface area contributed by atoms with Crippen molar-refractivity contribution in [3.63, 3.8) is 0 Å². The smallest absolute Gasteiger partial charge is 0.226 e. The van der Waals surface area contributed by atoms with Gasteiger partial charge in [0.2, 0.25) is 5.95 Å². The summed E-state index contributed by atoms with van der Waals surface area (Å²) in [6.45, 7) is 5.33. The van der Waals surface area contributed by atoms with Gasteiger partial charge in [-0.1, -0.05) is 6.92 Å². The highest BCUT2D eigenvalue weighted by molar-refractivity contribution is 7.16. The predicted molar refractivity (Wildman–Crippen MR) is 128 cm³/mol. The van der Waals surface area contributed by atoms with Crippen molar-refractivity contribution >= 4 is 44.9 Å². The first-order valence-electron chi connectivity index (χ1n) is 11.4. The summed E-state index contributed by atoms with van der Waals surface area (Å²) in [7, 11) is 0. The lowest BCUT2D eigenvalue weighted by Crippen LogP contribution is -2.55. The molecule has 0 aliphatic carbocycles. The summed E-state index contributed by atoms with van der Waals surface area (Å²) >= 11 is 1.61. The highest BCUT2D eigenvalue weighted by Crippen LogP contribution is 2.33. The van der Waals surface area contributed by atoms with Crippen molar-refractivity contribution in [1.29, 1.82) is 0 Å². The van der Waals surface area contributed by atoms with Crippen LogP contribution >= 0.6 is 11.3 Å². The Morgan fingerprint density at radius 1 is 1.22 bits per heavy atom. The minimum Gasteiger partial charge on any atom is -0.351 e. The number of thiophene rings is 1. The van der Waals surface area contributed by atoms with E-state index in [9.17, 15) is 4.79 Å². The van der Waals surface area contributed by atoms with Gasteiger partial charge in [-0.05, 0) is 50.6 Å². The fourth-order valence-corrected chi connectivity index (χ4v) is 5.70. The number of Topliss-reactive ketones (excluding diaryl/α,β-unsaturated/α-hetero) is 1. The maximum absolute atomic E-state index is 12.5. The number of likely N-dealkylation sites (N-methyl/N-ethyl adjacent to an activating group) is 1. The van der Waals surface area contributed by atoms with E-state index in [1.807, 2.05) is 31.4 Å². The molecule has 2 bridgehead atoms. The lowest BCUT2D eigenvalue weighted by atomic mass is 9.76. The SMILES string of the molecule is CCNCC(=O)C1C[C@H]2CC(Nc3nc(Nc4cc(C)[nH]n4)c4ccsc4n3)C[C@@H](C1)N2. The molecule has 170 valence electrons. The molecule has 2 aliphatic heterocycles. The molecule has 4 atom stereocenters. The standard InChI is InChI=1S/C22H30N8OS/c1-3-23-11-18(31)13-7-14-9-16(10-15(8-13)24-14)25-22-27-20(17-4-5-32-21(17)28-22)26-19-6-12(2)29-30-19/h4-6,13-16,23-24H,3,7-11H2,1-2H3,(H3,25,26,27,28,29,30)/t13?,14-,15+,16?. The van der Waals surface area contributed by atoms with Gasteiger partial charge in [0.05, 0.1) is 11.9 Å². The van der Waals surface area contributed by atoms with Crippen LogP contribution in [0.3, 0.4) is 0 Å². The largest absolute Gasteiger partial charge is 0.351 e. The highest BCUT2D eigenvalue weighted by atomic mass is 32.1. The van der Waals surface area contributed by atoms with Crippen molar-refractivity contribution in [3.05, 3.63) is 23.2 Å². The zero-order valence-corrected chi connectivity index (χ0v) is 19.3. The molecule has 5 heterocycles. The van der Waals surface area contributed by atoms with Crippen LogP contribution in [0.2, 0.25) is 0 Å². The van der Waals surface area contributed by atoms with E-state index in [1.165, 1.54) is 0 Å². The van der Waals surface area contributed by atoms with Gasteiger partial charge in [-0.15, -0.1) is 11.3 Å². The zero-order valence-electron chi connectivity index (χ0n) is 18.4. The van der Waals surface area contributed by atoms with E-state index in [2.05, 4.69) is 31.5 Å². The van der Waals surface area contributed by atoms with Crippen LogP contribution in [0.4, 0.5) is 17.6 Å². The first kappa shape index (κ1) is 21.3. The van der Waals surface area contributed by atoms with Gasteiger partial charge in [-0.25, -0.2) is 4.98 Å². The lowest BCUT2D eigenvalue weighted by molar-refractivity contribution is -0.123. The summed E-state index contributed by atoms with van der Waals surface area (Å²) in [6, 6.07) is 4.98. The van der Waals surface area contributed by atoms with E-state index in [1.54, 1.807) is 11.3 Å². The summed E-state index contributed by atoms with van der Waals surface area (Å²) in [6.07, 6.45) is 3.76. The minimum atomic E-state index is 0.165. The number of rotatable bonds is 8. The van der Waals surface area contributed by atoms with Crippen molar-refractivity contribution in [2.24, 2.45) is 5.92 Å². The number of carbonyl (C=O) groups is 1. The molecule has 9 nitrogen and oxygen atoms in total. The van der Waals surface area contributed by atoms with Crippen molar-refractivity contribution in [2.75, 3.05) is 23.7 Å². The minimum absolute atomic E-state index is 0.165. The third kappa shape index (κ3) is 4.62. The van der Waals surface area contributed by atoms with Gasteiger partial charge in [0.1, 0.15) is 16.4 Å². The molecule has 2 unspecified atom stereocenters. The summed E-state index contributed by atoms with van der Waals surface area (Å²) in [5.41, 5.74) is 0.991. The van der Waals surface area contributed by atoms with Crippen molar-refractivity contribution in [2.45, 2.75) is 57.7 Å². The molecule has 5 rings (SSSR count). The molecular weight excluding hydrogens is 424 g/mol. The van der Waals surface area contributed by atoms with E-state index < -0.39 is 0 Å². The fourth-order valence-electron chi connectivity index (χ4n) is 4.94. The summed E-state index contributed by atoms with van der Waals surface area (Å²) in [5, 5.41) is 24.0. The fraction of sp³-hybridized carbons (Fsp3) is 0.545. The first-order chi connectivity index (χ1) is 15.6. The summed E-state index contributed by atoms with van der Waals surface area (Å²) in [5.74, 6) is 2.65. The number of piperidine rings is 2. The predicted octanol–water partition coefficient (Wildman–Crippen LogP) is 2.96. The Bertz CT molecular complexity index is 1080. The van der Waals surface area contributed by atoms with Crippen LogP contribution in [-0.4, -0.2) is 57.2 Å². The number of carbonyl (C=O) groups excluding carboxylic acids is 1.